The third-order valence-corrected chi connectivity index (χ3v) is 3.71. The van der Waals surface area contributed by atoms with Gasteiger partial charge in [-0.25, -0.2) is 4.39 Å². The van der Waals surface area contributed by atoms with Crippen LogP contribution in [0.5, 0.6) is 0 Å². The summed E-state index contributed by atoms with van der Waals surface area (Å²) in [5.41, 5.74) is -0.307. The highest BCUT2D eigenvalue weighted by Gasteiger charge is 2.17. The van der Waals surface area contributed by atoms with Crippen LogP contribution < -0.4 is 5.32 Å². The summed E-state index contributed by atoms with van der Waals surface area (Å²) in [6, 6.07) is 7.55. The fraction of sp³-hybridized carbons (Fsp3) is 0. The minimum Gasteiger partial charge on any atom is -0.321 e. The molecule has 0 radical (unpaired) electrons. The van der Waals surface area contributed by atoms with Crippen LogP contribution in [-0.2, 0) is 0 Å². The lowest BCUT2D eigenvalue weighted by Crippen LogP contribution is -2.15. The van der Waals surface area contributed by atoms with Gasteiger partial charge in [0.05, 0.1) is 16.2 Å². The van der Waals surface area contributed by atoms with Gasteiger partial charge in [0, 0.05) is 20.7 Å². The lowest BCUT2D eigenvalue weighted by atomic mass is 10.1. The van der Waals surface area contributed by atoms with E-state index in [2.05, 4.69) is 5.32 Å². The molecule has 0 aliphatic carbocycles. The van der Waals surface area contributed by atoms with E-state index in [1.807, 2.05) is 22.6 Å². The number of benzene rings is 2. The first-order valence-corrected chi connectivity index (χ1v) is 7.04. The molecule has 2 aromatic rings. The van der Waals surface area contributed by atoms with Crippen molar-refractivity contribution in [2.24, 2.45) is 0 Å². The average molecular weight is 421 g/mol. The summed E-state index contributed by atoms with van der Waals surface area (Å²) in [5.74, 6) is -1.60. The minimum atomic E-state index is -0.831. The summed E-state index contributed by atoms with van der Waals surface area (Å²) in [6.07, 6.45) is 0. The monoisotopic (exact) mass is 420 g/mol. The molecule has 108 valence electrons. The number of nitro benzene ring substituents is 1. The van der Waals surface area contributed by atoms with Crippen LogP contribution in [-0.4, -0.2) is 10.8 Å². The van der Waals surface area contributed by atoms with Crippen molar-refractivity contribution in [2.75, 3.05) is 5.32 Å². The summed E-state index contributed by atoms with van der Waals surface area (Å²) in [7, 11) is 0. The Hall–Kier alpha value is -1.74. The summed E-state index contributed by atoms with van der Waals surface area (Å²) >= 11 is 7.76. The van der Waals surface area contributed by atoms with Crippen LogP contribution in [0.1, 0.15) is 10.4 Å². The van der Waals surface area contributed by atoms with Crippen molar-refractivity contribution in [3.8, 4) is 0 Å². The first-order chi connectivity index (χ1) is 9.88. The molecule has 1 N–H and O–H groups in total. The number of halogens is 3. The molecule has 0 spiro atoms. The quantitative estimate of drug-likeness (QED) is 0.458. The zero-order chi connectivity index (χ0) is 15.6. The number of nitrogens with zero attached hydrogens (tertiary/aromatic N) is 1. The second-order valence-corrected chi connectivity index (χ2v) is 5.60. The topological polar surface area (TPSA) is 72.2 Å². The van der Waals surface area contributed by atoms with Crippen molar-refractivity contribution in [1.29, 1.82) is 0 Å². The van der Waals surface area contributed by atoms with E-state index in [0.29, 0.717) is 14.3 Å². The van der Waals surface area contributed by atoms with Gasteiger partial charge >= 0.3 is 0 Å². The van der Waals surface area contributed by atoms with E-state index in [-0.39, 0.29) is 5.69 Å². The van der Waals surface area contributed by atoms with Crippen molar-refractivity contribution in [3.05, 3.63) is 66.5 Å². The maximum absolute atomic E-state index is 13.6. The number of carbonyl (C=O) groups excluding carboxylic acids is 1. The highest BCUT2D eigenvalue weighted by atomic mass is 127. The van der Waals surface area contributed by atoms with Gasteiger partial charge < -0.3 is 5.32 Å². The third kappa shape index (κ3) is 3.67. The fourth-order valence-electron chi connectivity index (χ4n) is 1.58. The van der Waals surface area contributed by atoms with Crippen LogP contribution in [0, 0.1) is 19.5 Å². The molecule has 0 saturated heterocycles. The summed E-state index contributed by atoms with van der Waals surface area (Å²) in [6.45, 7) is 0. The molecular formula is C13H7ClFIN2O3. The second kappa shape index (κ2) is 6.35. The molecule has 5 nitrogen and oxygen atoms in total. The standard InChI is InChI=1S/C13H7ClFIN2O3/c14-7-1-4-12(11(16)5-7)17-13(19)9-6-8(18(20)21)2-3-10(9)15/h1-6H,(H,17,19). The predicted octanol–water partition coefficient (Wildman–Crippen LogP) is 4.24. The number of hydrogen-bond acceptors (Lipinski definition) is 3. The van der Waals surface area contributed by atoms with Gasteiger partial charge in [-0.05, 0) is 46.9 Å². The molecule has 2 rings (SSSR count). The zero-order valence-electron chi connectivity index (χ0n) is 10.3. The first kappa shape index (κ1) is 15.6. The molecule has 0 aromatic heterocycles. The normalized spacial score (nSPS) is 10.2. The Morgan fingerprint density at radius 2 is 2.00 bits per heavy atom. The molecule has 1 amide bonds. The molecule has 0 bridgehead atoms. The van der Waals surface area contributed by atoms with Gasteiger partial charge in [-0.3, -0.25) is 14.9 Å². The van der Waals surface area contributed by atoms with Crippen molar-refractivity contribution in [1.82, 2.24) is 0 Å². The number of nitro groups is 1. The van der Waals surface area contributed by atoms with Crippen LogP contribution in [0.25, 0.3) is 0 Å². The Bertz CT molecular complexity index is 739. The number of anilines is 1. The van der Waals surface area contributed by atoms with Gasteiger partial charge in [0.25, 0.3) is 11.6 Å². The van der Waals surface area contributed by atoms with Gasteiger partial charge in [-0.1, -0.05) is 11.6 Å². The highest BCUT2D eigenvalue weighted by Crippen LogP contribution is 2.24. The van der Waals surface area contributed by atoms with Crippen LogP contribution in [0.3, 0.4) is 0 Å². The zero-order valence-corrected chi connectivity index (χ0v) is 13.2. The Balaban J connectivity index is 2.32. The highest BCUT2D eigenvalue weighted by molar-refractivity contribution is 14.1. The number of non-ortho nitro benzene ring substituents is 1. The van der Waals surface area contributed by atoms with Crippen LogP contribution in [0.4, 0.5) is 15.8 Å². The van der Waals surface area contributed by atoms with E-state index in [0.717, 1.165) is 18.2 Å². The van der Waals surface area contributed by atoms with E-state index in [1.165, 1.54) is 0 Å². The molecule has 0 heterocycles. The van der Waals surface area contributed by atoms with Crippen molar-refractivity contribution >= 4 is 51.5 Å². The van der Waals surface area contributed by atoms with Crippen molar-refractivity contribution in [3.63, 3.8) is 0 Å². The van der Waals surface area contributed by atoms with Crippen LogP contribution in [0.15, 0.2) is 36.4 Å². The largest absolute Gasteiger partial charge is 0.321 e. The molecule has 0 atom stereocenters. The second-order valence-electron chi connectivity index (χ2n) is 4.00. The fourth-order valence-corrected chi connectivity index (χ4v) is 2.59. The number of amides is 1. The lowest BCUT2D eigenvalue weighted by Gasteiger charge is -2.08. The smallest absolute Gasteiger partial charge is 0.270 e. The Kier molecular flexibility index (Phi) is 4.73. The molecule has 0 aliphatic rings. The number of rotatable bonds is 3. The van der Waals surface area contributed by atoms with Gasteiger partial charge in [0.2, 0.25) is 0 Å². The van der Waals surface area contributed by atoms with Crippen LogP contribution >= 0.6 is 34.2 Å². The van der Waals surface area contributed by atoms with Gasteiger partial charge in [0.1, 0.15) is 5.82 Å². The Labute approximate surface area is 137 Å². The summed E-state index contributed by atoms with van der Waals surface area (Å²) in [5, 5.41) is 13.7. The number of hydrogen-bond donors (Lipinski definition) is 1. The number of carbonyl (C=O) groups is 1. The number of nitrogens with one attached hydrogen (secondary N) is 1. The Morgan fingerprint density at radius 1 is 1.29 bits per heavy atom. The maximum Gasteiger partial charge on any atom is 0.270 e. The first-order valence-electron chi connectivity index (χ1n) is 5.59. The van der Waals surface area contributed by atoms with Gasteiger partial charge in [-0.2, -0.15) is 0 Å². The van der Waals surface area contributed by atoms with Crippen molar-refractivity contribution in [2.45, 2.75) is 0 Å². The Morgan fingerprint density at radius 3 is 2.62 bits per heavy atom. The van der Waals surface area contributed by atoms with E-state index in [9.17, 15) is 19.3 Å². The molecular weight excluding hydrogens is 414 g/mol. The van der Waals surface area contributed by atoms with Gasteiger partial charge in [0.15, 0.2) is 0 Å². The maximum atomic E-state index is 13.6. The predicted molar refractivity (Wildman–Crippen MR) is 85.2 cm³/mol. The average Bonchev–Trinajstić information content (AvgIpc) is 2.42. The molecule has 8 heteroatoms. The van der Waals surface area contributed by atoms with E-state index < -0.39 is 22.2 Å². The van der Waals surface area contributed by atoms with Gasteiger partial charge in [-0.15, -0.1) is 0 Å². The molecule has 2 aromatic carbocycles. The SMILES string of the molecule is O=C(Nc1ccc(Cl)cc1I)c1cc([N+](=O)[O-])ccc1F. The van der Waals surface area contributed by atoms with E-state index in [4.69, 9.17) is 11.6 Å². The molecule has 0 aliphatic heterocycles. The van der Waals surface area contributed by atoms with E-state index in [1.54, 1.807) is 18.2 Å². The summed E-state index contributed by atoms with van der Waals surface area (Å²) < 4.78 is 14.3. The molecule has 0 unspecified atom stereocenters. The lowest BCUT2D eigenvalue weighted by molar-refractivity contribution is -0.384. The van der Waals surface area contributed by atoms with Crippen molar-refractivity contribution < 1.29 is 14.1 Å². The minimum absolute atomic E-state index is 0.354. The van der Waals surface area contributed by atoms with Crippen LogP contribution in [0.2, 0.25) is 5.02 Å². The molecule has 0 saturated carbocycles. The summed E-state index contributed by atoms with van der Waals surface area (Å²) in [4.78, 5) is 22.0. The molecule has 0 fully saturated rings. The third-order valence-electron chi connectivity index (χ3n) is 2.58. The molecule has 21 heavy (non-hydrogen) atoms. The van der Waals surface area contributed by atoms with E-state index >= 15 is 0 Å².